The standard InChI is InChI=1S/C11H24N2OS/c1-5-10(8(2)3)13-11(14)9(12)6-7-15-4/h8-10H,5-7,12H2,1-4H3,(H,13,14)/t9-,10?/m1/s1. The zero-order valence-corrected chi connectivity index (χ0v) is 11.1. The lowest BCUT2D eigenvalue weighted by Crippen LogP contribution is -2.47. The van der Waals surface area contributed by atoms with E-state index in [0.717, 1.165) is 18.6 Å². The van der Waals surface area contributed by atoms with Gasteiger partial charge in [0, 0.05) is 6.04 Å². The Morgan fingerprint density at radius 2 is 2.07 bits per heavy atom. The van der Waals surface area contributed by atoms with E-state index in [1.54, 1.807) is 11.8 Å². The quantitative estimate of drug-likeness (QED) is 0.701. The van der Waals surface area contributed by atoms with Crippen LogP contribution in [0.25, 0.3) is 0 Å². The van der Waals surface area contributed by atoms with Crippen molar-refractivity contribution in [3.05, 3.63) is 0 Å². The van der Waals surface area contributed by atoms with E-state index in [1.165, 1.54) is 0 Å². The molecule has 0 aliphatic carbocycles. The van der Waals surface area contributed by atoms with E-state index in [-0.39, 0.29) is 18.0 Å². The number of hydrogen-bond acceptors (Lipinski definition) is 3. The molecule has 4 heteroatoms. The van der Waals surface area contributed by atoms with Gasteiger partial charge in [-0.25, -0.2) is 0 Å². The average molecular weight is 232 g/mol. The topological polar surface area (TPSA) is 55.1 Å². The van der Waals surface area contributed by atoms with Crippen LogP contribution in [-0.4, -0.2) is 30.0 Å². The highest BCUT2D eigenvalue weighted by atomic mass is 32.2. The third-order valence-corrected chi connectivity index (χ3v) is 3.19. The summed E-state index contributed by atoms with van der Waals surface area (Å²) in [6.45, 7) is 6.31. The maximum atomic E-state index is 11.7. The first-order valence-corrected chi connectivity index (χ1v) is 6.97. The predicted molar refractivity (Wildman–Crippen MR) is 68.0 cm³/mol. The highest BCUT2D eigenvalue weighted by Gasteiger charge is 2.18. The number of amides is 1. The van der Waals surface area contributed by atoms with Gasteiger partial charge in [-0.3, -0.25) is 4.79 Å². The highest BCUT2D eigenvalue weighted by Crippen LogP contribution is 2.06. The van der Waals surface area contributed by atoms with Gasteiger partial charge in [-0.15, -0.1) is 0 Å². The highest BCUT2D eigenvalue weighted by molar-refractivity contribution is 7.98. The molecule has 0 bridgehead atoms. The zero-order chi connectivity index (χ0) is 11.8. The molecule has 0 aliphatic heterocycles. The Labute approximate surface area is 97.6 Å². The average Bonchev–Trinajstić information content (AvgIpc) is 2.21. The first kappa shape index (κ1) is 14.8. The molecule has 0 aliphatic rings. The van der Waals surface area contributed by atoms with E-state index >= 15 is 0 Å². The molecule has 3 N–H and O–H groups in total. The molecule has 2 atom stereocenters. The minimum atomic E-state index is -0.356. The smallest absolute Gasteiger partial charge is 0.237 e. The minimum absolute atomic E-state index is 0.00963. The Bertz CT molecular complexity index is 185. The van der Waals surface area contributed by atoms with Crippen LogP contribution < -0.4 is 11.1 Å². The molecule has 0 radical (unpaired) electrons. The first-order valence-electron chi connectivity index (χ1n) is 5.57. The van der Waals surface area contributed by atoms with Crippen LogP contribution in [0, 0.1) is 5.92 Å². The van der Waals surface area contributed by atoms with Crippen molar-refractivity contribution in [2.45, 2.75) is 45.7 Å². The van der Waals surface area contributed by atoms with Crippen molar-refractivity contribution in [2.24, 2.45) is 11.7 Å². The van der Waals surface area contributed by atoms with Crippen LogP contribution in [0.3, 0.4) is 0 Å². The molecular weight excluding hydrogens is 208 g/mol. The summed E-state index contributed by atoms with van der Waals surface area (Å²) >= 11 is 1.72. The van der Waals surface area contributed by atoms with Crippen molar-refractivity contribution in [1.29, 1.82) is 0 Å². The molecule has 0 aromatic carbocycles. The third-order valence-electron chi connectivity index (χ3n) is 2.54. The maximum Gasteiger partial charge on any atom is 0.237 e. The fourth-order valence-electron chi connectivity index (χ4n) is 1.41. The largest absolute Gasteiger partial charge is 0.352 e. The van der Waals surface area contributed by atoms with E-state index < -0.39 is 0 Å². The second-order valence-electron chi connectivity index (χ2n) is 4.16. The second-order valence-corrected chi connectivity index (χ2v) is 5.14. The molecule has 0 saturated heterocycles. The summed E-state index contributed by atoms with van der Waals surface area (Å²) in [6.07, 6.45) is 3.73. The molecule has 15 heavy (non-hydrogen) atoms. The number of nitrogens with one attached hydrogen (secondary N) is 1. The SMILES string of the molecule is CCC(NC(=O)[C@H](N)CCSC)C(C)C. The molecule has 3 nitrogen and oxygen atoms in total. The Kier molecular flexibility index (Phi) is 7.88. The Hall–Kier alpha value is -0.220. The lowest BCUT2D eigenvalue weighted by Gasteiger charge is -2.22. The Morgan fingerprint density at radius 3 is 2.47 bits per heavy atom. The van der Waals surface area contributed by atoms with Crippen LogP contribution in [-0.2, 0) is 4.79 Å². The Balaban J connectivity index is 3.98. The monoisotopic (exact) mass is 232 g/mol. The van der Waals surface area contributed by atoms with Gasteiger partial charge in [-0.2, -0.15) is 11.8 Å². The number of thioether (sulfide) groups is 1. The fourth-order valence-corrected chi connectivity index (χ4v) is 1.90. The van der Waals surface area contributed by atoms with Crippen LogP contribution in [0.15, 0.2) is 0 Å². The summed E-state index contributed by atoms with van der Waals surface area (Å²) in [5.74, 6) is 1.39. The van der Waals surface area contributed by atoms with Crippen molar-refractivity contribution < 1.29 is 4.79 Å². The number of carbonyl (C=O) groups is 1. The summed E-state index contributed by atoms with van der Waals surface area (Å²) in [6, 6.07) is -0.108. The van der Waals surface area contributed by atoms with Gasteiger partial charge < -0.3 is 11.1 Å². The second kappa shape index (κ2) is 7.99. The summed E-state index contributed by atoms with van der Waals surface area (Å²) in [5, 5.41) is 3.00. The van der Waals surface area contributed by atoms with Gasteiger partial charge in [-0.1, -0.05) is 20.8 Å². The fraction of sp³-hybridized carbons (Fsp3) is 0.909. The molecule has 0 fully saturated rings. The van der Waals surface area contributed by atoms with Crippen molar-refractivity contribution in [3.8, 4) is 0 Å². The number of carbonyl (C=O) groups excluding carboxylic acids is 1. The molecule has 0 aromatic rings. The lowest BCUT2D eigenvalue weighted by atomic mass is 10.0. The number of nitrogens with two attached hydrogens (primary N) is 1. The molecule has 90 valence electrons. The van der Waals surface area contributed by atoms with Crippen molar-refractivity contribution >= 4 is 17.7 Å². The summed E-state index contributed by atoms with van der Waals surface area (Å²) in [5.41, 5.74) is 5.78. The molecule has 0 heterocycles. The van der Waals surface area contributed by atoms with Gasteiger partial charge >= 0.3 is 0 Å². The molecule has 0 spiro atoms. The van der Waals surface area contributed by atoms with Crippen molar-refractivity contribution in [2.75, 3.05) is 12.0 Å². The van der Waals surface area contributed by atoms with E-state index in [0.29, 0.717) is 5.92 Å². The van der Waals surface area contributed by atoms with Crippen LogP contribution in [0.2, 0.25) is 0 Å². The van der Waals surface area contributed by atoms with E-state index in [4.69, 9.17) is 5.73 Å². The van der Waals surface area contributed by atoms with Gasteiger partial charge in [0.05, 0.1) is 6.04 Å². The predicted octanol–water partition coefficient (Wildman–Crippen LogP) is 1.62. The number of hydrogen-bond donors (Lipinski definition) is 2. The van der Waals surface area contributed by atoms with Gasteiger partial charge in [0.1, 0.15) is 0 Å². The summed E-state index contributed by atoms with van der Waals surface area (Å²) < 4.78 is 0. The van der Waals surface area contributed by atoms with Crippen LogP contribution in [0.1, 0.15) is 33.6 Å². The maximum absolute atomic E-state index is 11.7. The van der Waals surface area contributed by atoms with Crippen molar-refractivity contribution in [1.82, 2.24) is 5.32 Å². The molecule has 0 rings (SSSR count). The first-order chi connectivity index (χ1) is 7.02. The van der Waals surface area contributed by atoms with Crippen molar-refractivity contribution in [3.63, 3.8) is 0 Å². The Morgan fingerprint density at radius 1 is 1.47 bits per heavy atom. The molecular formula is C11H24N2OS. The molecule has 1 amide bonds. The van der Waals surface area contributed by atoms with E-state index in [9.17, 15) is 4.79 Å². The minimum Gasteiger partial charge on any atom is -0.352 e. The van der Waals surface area contributed by atoms with E-state index in [1.807, 2.05) is 6.26 Å². The summed E-state index contributed by atoms with van der Waals surface area (Å²) in [7, 11) is 0. The van der Waals surface area contributed by atoms with Crippen LogP contribution in [0.4, 0.5) is 0 Å². The van der Waals surface area contributed by atoms with Gasteiger partial charge in [-0.05, 0) is 30.8 Å². The molecule has 1 unspecified atom stereocenters. The molecule has 0 saturated carbocycles. The zero-order valence-electron chi connectivity index (χ0n) is 10.2. The van der Waals surface area contributed by atoms with Crippen LogP contribution >= 0.6 is 11.8 Å². The van der Waals surface area contributed by atoms with E-state index in [2.05, 4.69) is 26.1 Å². The van der Waals surface area contributed by atoms with Gasteiger partial charge in [0.2, 0.25) is 5.91 Å². The van der Waals surface area contributed by atoms with Gasteiger partial charge in [0.15, 0.2) is 0 Å². The summed E-state index contributed by atoms with van der Waals surface area (Å²) in [4.78, 5) is 11.7. The number of rotatable bonds is 7. The molecule has 0 aromatic heterocycles. The normalized spacial score (nSPS) is 15.1. The van der Waals surface area contributed by atoms with Gasteiger partial charge in [0.25, 0.3) is 0 Å². The lowest BCUT2D eigenvalue weighted by molar-refractivity contribution is -0.123. The third kappa shape index (κ3) is 6.05. The van der Waals surface area contributed by atoms with Crippen LogP contribution in [0.5, 0.6) is 0 Å².